The van der Waals surface area contributed by atoms with Crippen LogP contribution in [0.5, 0.6) is 11.5 Å². The molecule has 36 heavy (non-hydrogen) atoms. The molecule has 11 heteroatoms. The van der Waals surface area contributed by atoms with E-state index in [4.69, 9.17) is 4.74 Å². The predicted octanol–water partition coefficient (Wildman–Crippen LogP) is 3.75. The molecule has 0 aliphatic carbocycles. The van der Waals surface area contributed by atoms with Gasteiger partial charge in [0.2, 0.25) is 0 Å². The van der Waals surface area contributed by atoms with Crippen molar-refractivity contribution in [3.05, 3.63) is 105 Å². The summed E-state index contributed by atoms with van der Waals surface area (Å²) >= 11 is 0. The lowest BCUT2D eigenvalue weighted by Gasteiger charge is -2.14. The molecular formula is C25H21N5O6. The molecule has 4 rings (SSSR count). The van der Waals surface area contributed by atoms with Crippen molar-refractivity contribution in [3.63, 3.8) is 0 Å². The van der Waals surface area contributed by atoms with Crippen molar-refractivity contribution in [2.24, 2.45) is 0 Å². The van der Waals surface area contributed by atoms with Gasteiger partial charge >= 0.3 is 0 Å². The number of nitrogens with one attached hydrogen (secondary N) is 2. The van der Waals surface area contributed by atoms with Crippen LogP contribution in [0.3, 0.4) is 0 Å². The third kappa shape index (κ3) is 4.89. The average Bonchev–Trinajstić information content (AvgIpc) is 2.88. The monoisotopic (exact) mass is 487 g/mol. The van der Waals surface area contributed by atoms with Gasteiger partial charge in [0.25, 0.3) is 23.1 Å². The summed E-state index contributed by atoms with van der Waals surface area (Å²) in [5.74, 6) is -1.16. The Hall–Kier alpha value is -5.06. The molecule has 0 fully saturated rings. The predicted molar refractivity (Wildman–Crippen MR) is 131 cm³/mol. The third-order valence-corrected chi connectivity index (χ3v) is 5.21. The number of benzene rings is 3. The van der Waals surface area contributed by atoms with Gasteiger partial charge in [0, 0.05) is 17.5 Å². The quantitative estimate of drug-likeness (QED) is 0.311. The van der Waals surface area contributed by atoms with Crippen LogP contribution in [-0.4, -0.2) is 26.5 Å². The van der Waals surface area contributed by atoms with Gasteiger partial charge in [0.1, 0.15) is 11.5 Å². The van der Waals surface area contributed by atoms with Gasteiger partial charge in [-0.1, -0.05) is 36.4 Å². The number of carbonyl (C=O) groups excluding carboxylic acids is 2. The smallest absolute Gasteiger partial charge is 0.290 e. The summed E-state index contributed by atoms with van der Waals surface area (Å²) in [6.07, 6.45) is 0. The van der Waals surface area contributed by atoms with Crippen molar-refractivity contribution in [1.82, 2.24) is 20.6 Å². The summed E-state index contributed by atoms with van der Waals surface area (Å²) in [6, 6.07) is 18.3. The number of nitro benzene ring substituents is 1. The van der Waals surface area contributed by atoms with Gasteiger partial charge in [0.15, 0.2) is 5.69 Å². The van der Waals surface area contributed by atoms with E-state index in [1.165, 1.54) is 16.8 Å². The first kappa shape index (κ1) is 24.1. The van der Waals surface area contributed by atoms with E-state index in [0.29, 0.717) is 16.5 Å². The number of hydrogen-bond donors (Lipinski definition) is 2. The second-order valence-corrected chi connectivity index (χ2v) is 8.00. The lowest BCUT2D eigenvalue weighted by atomic mass is 10.1. The standard InChI is InChI=1S/C25H21N5O6/c1-15(2)29-25(33)19-11-7-6-10-18(19)22(28-29)24(32)27-26-23(31)20-14-16(30(34)35)12-13-21(20)36-17-8-4-3-5-9-17/h3-15H,1-2H3,(H,26,31)(H,27,32). The van der Waals surface area contributed by atoms with Crippen LogP contribution in [0, 0.1) is 10.1 Å². The summed E-state index contributed by atoms with van der Waals surface area (Å²) in [6.45, 7) is 3.51. The van der Waals surface area contributed by atoms with E-state index < -0.39 is 16.7 Å². The zero-order valence-corrected chi connectivity index (χ0v) is 19.3. The zero-order chi connectivity index (χ0) is 25.8. The van der Waals surface area contributed by atoms with Crippen LogP contribution >= 0.6 is 0 Å². The van der Waals surface area contributed by atoms with Crippen molar-refractivity contribution in [1.29, 1.82) is 0 Å². The van der Waals surface area contributed by atoms with Crippen LogP contribution < -0.4 is 21.1 Å². The molecule has 0 aliphatic rings. The molecule has 0 bridgehead atoms. The highest BCUT2D eigenvalue weighted by Crippen LogP contribution is 2.28. The first-order valence-corrected chi connectivity index (χ1v) is 10.9. The fourth-order valence-electron chi connectivity index (χ4n) is 3.48. The SMILES string of the molecule is CC(C)n1nc(C(=O)NNC(=O)c2cc([N+](=O)[O-])ccc2Oc2ccccc2)c2ccccc2c1=O. The molecule has 0 unspecified atom stereocenters. The van der Waals surface area contributed by atoms with E-state index >= 15 is 0 Å². The summed E-state index contributed by atoms with van der Waals surface area (Å²) in [7, 11) is 0. The molecule has 182 valence electrons. The lowest BCUT2D eigenvalue weighted by Crippen LogP contribution is -2.43. The molecule has 11 nitrogen and oxygen atoms in total. The molecule has 3 aromatic carbocycles. The molecule has 2 N–H and O–H groups in total. The van der Waals surface area contributed by atoms with Gasteiger partial charge in [-0.05, 0) is 38.1 Å². The van der Waals surface area contributed by atoms with E-state index in [1.54, 1.807) is 68.4 Å². The molecule has 4 aromatic rings. The number of carbonyl (C=O) groups is 2. The minimum absolute atomic E-state index is 0.0514. The number of amides is 2. The number of nitrogens with zero attached hydrogens (tertiary/aromatic N) is 3. The fraction of sp³-hybridized carbons (Fsp3) is 0.120. The first-order chi connectivity index (χ1) is 17.3. The molecule has 0 radical (unpaired) electrons. The maximum Gasteiger partial charge on any atom is 0.290 e. The van der Waals surface area contributed by atoms with Gasteiger partial charge < -0.3 is 4.74 Å². The Balaban J connectivity index is 1.63. The van der Waals surface area contributed by atoms with E-state index in [9.17, 15) is 24.5 Å². The van der Waals surface area contributed by atoms with Crippen LogP contribution in [-0.2, 0) is 0 Å². The summed E-state index contributed by atoms with van der Waals surface area (Å²) < 4.78 is 6.91. The van der Waals surface area contributed by atoms with Crippen LogP contribution in [0.4, 0.5) is 5.69 Å². The van der Waals surface area contributed by atoms with Gasteiger partial charge in [-0.2, -0.15) is 5.10 Å². The van der Waals surface area contributed by atoms with Crippen molar-refractivity contribution in [3.8, 4) is 11.5 Å². The second-order valence-electron chi connectivity index (χ2n) is 8.00. The Morgan fingerprint density at radius 2 is 1.58 bits per heavy atom. The van der Waals surface area contributed by atoms with Gasteiger partial charge in [-0.15, -0.1) is 0 Å². The number of non-ortho nitro benzene ring substituents is 1. The largest absolute Gasteiger partial charge is 0.457 e. The molecule has 1 aromatic heterocycles. The number of hydrazine groups is 1. The highest BCUT2D eigenvalue weighted by Gasteiger charge is 2.21. The Morgan fingerprint density at radius 3 is 2.25 bits per heavy atom. The summed E-state index contributed by atoms with van der Waals surface area (Å²) in [5, 5.41) is 16.1. The topological polar surface area (TPSA) is 145 Å². The molecule has 1 heterocycles. The Bertz CT molecular complexity index is 1530. The van der Waals surface area contributed by atoms with E-state index in [1.807, 2.05) is 0 Å². The van der Waals surface area contributed by atoms with Crippen molar-refractivity contribution < 1.29 is 19.2 Å². The highest BCUT2D eigenvalue weighted by atomic mass is 16.6. The normalized spacial score (nSPS) is 10.8. The number of aromatic nitrogens is 2. The number of hydrogen-bond acceptors (Lipinski definition) is 7. The van der Waals surface area contributed by atoms with E-state index in [2.05, 4.69) is 16.0 Å². The van der Waals surface area contributed by atoms with E-state index in [-0.39, 0.29) is 34.3 Å². The van der Waals surface area contributed by atoms with Gasteiger partial charge in [-0.3, -0.25) is 35.3 Å². The Labute approximate surface area is 204 Å². The zero-order valence-electron chi connectivity index (χ0n) is 19.3. The van der Waals surface area contributed by atoms with Crippen LogP contribution in [0.1, 0.15) is 40.7 Å². The lowest BCUT2D eigenvalue weighted by molar-refractivity contribution is -0.384. The minimum atomic E-state index is -0.848. The fourth-order valence-corrected chi connectivity index (χ4v) is 3.48. The molecule has 0 atom stereocenters. The number of fused-ring (bicyclic) bond motifs is 1. The third-order valence-electron chi connectivity index (χ3n) is 5.21. The van der Waals surface area contributed by atoms with Crippen molar-refractivity contribution in [2.45, 2.75) is 19.9 Å². The molecule has 0 saturated carbocycles. The maximum atomic E-state index is 13.0. The number of para-hydroxylation sites is 1. The Kier molecular flexibility index (Phi) is 6.72. The summed E-state index contributed by atoms with van der Waals surface area (Å²) in [4.78, 5) is 49.3. The second kappa shape index (κ2) is 10.1. The summed E-state index contributed by atoms with van der Waals surface area (Å²) in [5.41, 5.74) is 3.61. The van der Waals surface area contributed by atoms with Crippen molar-refractivity contribution >= 4 is 28.3 Å². The number of rotatable bonds is 6. The molecule has 2 amide bonds. The van der Waals surface area contributed by atoms with Crippen molar-refractivity contribution in [2.75, 3.05) is 0 Å². The van der Waals surface area contributed by atoms with Crippen LogP contribution in [0.2, 0.25) is 0 Å². The maximum absolute atomic E-state index is 13.0. The van der Waals surface area contributed by atoms with Crippen LogP contribution in [0.15, 0.2) is 77.6 Å². The van der Waals surface area contributed by atoms with E-state index in [0.717, 1.165) is 6.07 Å². The first-order valence-electron chi connectivity index (χ1n) is 10.9. The highest BCUT2D eigenvalue weighted by molar-refractivity contribution is 6.06. The van der Waals surface area contributed by atoms with Gasteiger partial charge in [-0.25, -0.2) is 4.68 Å². The Morgan fingerprint density at radius 1 is 0.944 bits per heavy atom. The van der Waals surface area contributed by atoms with Crippen LogP contribution in [0.25, 0.3) is 10.8 Å². The molecule has 0 spiro atoms. The van der Waals surface area contributed by atoms with Gasteiger partial charge in [0.05, 0.1) is 21.9 Å². The average molecular weight is 487 g/mol. The minimum Gasteiger partial charge on any atom is -0.457 e. The number of nitro groups is 1. The molecule has 0 saturated heterocycles. The molecule has 0 aliphatic heterocycles. The molecular weight excluding hydrogens is 466 g/mol. The number of ether oxygens (including phenoxy) is 1.